The summed E-state index contributed by atoms with van der Waals surface area (Å²) in [6.07, 6.45) is 3.64. The van der Waals surface area contributed by atoms with Crippen LogP contribution in [0.2, 0.25) is 0 Å². The minimum Gasteiger partial charge on any atom is -0.468 e. The highest BCUT2D eigenvalue weighted by Crippen LogP contribution is 2.25. The molecule has 0 bridgehead atoms. The lowest BCUT2D eigenvalue weighted by Crippen LogP contribution is -2.49. The van der Waals surface area contributed by atoms with E-state index < -0.39 is 0 Å². The highest BCUT2D eigenvalue weighted by atomic mass is 16.5. The number of likely N-dealkylation sites (tertiary alicyclic amines) is 1. The third kappa shape index (κ3) is 3.68. The van der Waals surface area contributed by atoms with Gasteiger partial charge in [0.05, 0.1) is 7.11 Å². The van der Waals surface area contributed by atoms with Gasteiger partial charge >= 0.3 is 5.97 Å². The topological polar surface area (TPSA) is 41.6 Å². The Balaban J connectivity index is 2.61. The van der Waals surface area contributed by atoms with E-state index in [1.54, 1.807) is 0 Å². The molecule has 0 aromatic rings. The zero-order chi connectivity index (χ0) is 12.8. The highest BCUT2D eigenvalue weighted by Gasteiger charge is 2.32. The van der Waals surface area contributed by atoms with Crippen LogP contribution in [-0.4, -0.2) is 49.2 Å². The van der Waals surface area contributed by atoms with Gasteiger partial charge in [0, 0.05) is 18.6 Å². The summed E-state index contributed by atoms with van der Waals surface area (Å²) in [5.41, 5.74) is 0. The zero-order valence-electron chi connectivity index (χ0n) is 11.5. The van der Waals surface area contributed by atoms with Crippen LogP contribution in [0.4, 0.5) is 0 Å². The molecule has 0 aromatic carbocycles. The van der Waals surface area contributed by atoms with Gasteiger partial charge in [-0.1, -0.05) is 13.8 Å². The minimum atomic E-state index is -0.195. The van der Waals surface area contributed by atoms with Crippen LogP contribution in [0.3, 0.4) is 0 Å². The Bertz CT molecular complexity index is 246. The molecule has 0 aliphatic carbocycles. The van der Waals surface area contributed by atoms with Gasteiger partial charge in [-0.05, 0) is 32.7 Å². The molecule has 1 aliphatic heterocycles. The Morgan fingerprint density at radius 2 is 2.18 bits per heavy atom. The average molecular weight is 242 g/mol. The fourth-order valence-electron chi connectivity index (χ4n) is 2.71. The van der Waals surface area contributed by atoms with Crippen LogP contribution < -0.4 is 5.32 Å². The summed E-state index contributed by atoms with van der Waals surface area (Å²) in [5.74, 6) is -0.152. The van der Waals surface area contributed by atoms with Crippen molar-refractivity contribution in [3.05, 3.63) is 0 Å². The number of rotatable bonds is 6. The van der Waals surface area contributed by atoms with Crippen LogP contribution in [0, 0.1) is 0 Å². The SMILES string of the molecule is CCNC(CN1C(C)CCC1CC)C(=O)OC. The van der Waals surface area contributed by atoms with Crippen molar-refractivity contribution < 1.29 is 9.53 Å². The summed E-state index contributed by atoms with van der Waals surface area (Å²) in [6, 6.07) is 1.00. The number of nitrogens with one attached hydrogen (secondary N) is 1. The molecular weight excluding hydrogens is 216 g/mol. The number of esters is 1. The lowest BCUT2D eigenvalue weighted by atomic mass is 10.1. The second kappa shape index (κ2) is 6.97. The molecule has 1 aliphatic rings. The Morgan fingerprint density at radius 1 is 1.47 bits per heavy atom. The largest absolute Gasteiger partial charge is 0.468 e. The third-order valence-corrected chi connectivity index (χ3v) is 3.75. The normalized spacial score (nSPS) is 27.1. The molecule has 0 spiro atoms. The second-order valence-corrected chi connectivity index (χ2v) is 4.82. The molecule has 17 heavy (non-hydrogen) atoms. The maximum atomic E-state index is 11.7. The van der Waals surface area contributed by atoms with Crippen molar-refractivity contribution in [1.82, 2.24) is 10.2 Å². The first kappa shape index (κ1) is 14.5. The van der Waals surface area contributed by atoms with Gasteiger partial charge in [0.15, 0.2) is 0 Å². The van der Waals surface area contributed by atoms with Crippen LogP contribution >= 0.6 is 0 Å². The summed E-state index contributed by atoms with van der Waals surface area (Å²) < 4.78 is 4.85. The molecule has 100 valence electrons. The van der Waals surface area contributed by atoms with E-state index in [1.807, 2.05) is 6.92 Å². The van der Waals surface area contributed by atoms with E-state index in [2.05, 4.69) is 24.1 Å². The van der Waals surface area contributed by atoms with E-state index in [4.69, 9.17) is 4.74 Å². The minimum absolute atomic E-state index is 0.152. The summed E-state index contributed by atoms with van der Waals surface area (Å²) in [4.78, 5) is 14.1. The number of nitrogens with zero attached hydrogens (tertiary/aromatic N) is 1. The van der Waals surface area contributed by atoms with Crippen molar-refractivity contribution in [2.24, 2.45) is 0 Å². The van der Waals surface area contributed by atoms with Crippen molar-refractivity contribution in [3.8, 4) is 0 Å². The molecule has 4 nitrogen and oxygen atoms in total. The van der Waals surface area contributed by atoms with Gasteiger partial charge in [-0.2, -0.15) is 0 Å². The molecule has 1 rings (SSSR count). The summed E-state index contributed by atoms with van der Waals surface area (Å²) >= 11 is 0. The van der Waals surface area contributed by atoms with Crippen molar-refractivity contribution in [3.63, 3.8) is 0 Å². The quantitative estimate of drug-likeness (QED) is 0.715. The van der Waals surface area contributed by atoms with Crippen molar-refractivity contribution >= 4 is 5.97 Å². The monoisotopic (exact) mass is 242 g/mol. The number of carbonyl (C=O) groups is 1. The first-order valence-corrected chi connectivity index (χ1v) is 6.70. The summed E-state index contributed by atoms with van der Waals surface area (Å²) in [5, 5.41) is 3.21. The van der Waals surface area contributed by atoms with E-state index in [0.717, 1.165) is 19.5 Å². The van der Waals surface area contributed by atoms with E-state index in [0.29, 0.717) is 12.1 Å². The van der Waals surface area contributed by atoms with Gasteiger partial charge in [0.1, 0.15) is 6.04 Å². The highest BCUT2D eigenvalue weighted by molar-refractivity contribution is 5.75. The number of hydrogen-bond acceptors (Lipinski definition) is 4. The number of methoxy groups -OCH3 is 1. The van der Waals surface area contributed by atoms with Crippen LogP contribution in [0.5, 0.6) is 0 Å². The summed E-state index contributed by atoms with van der Waals surface area (Å²) in [6.45, 7) is 8.03. The molecule has 1 heterocycles. The Morgan fingerprint density at radius 3 is 2.71 bits per heavy atom. The second-order valence-electron chi connectivity index (χ2n) is 4.82. The molecule has 0 radical (unpaired) electrons. The van der Waals surface area contributed by atoms with E-state index in [1.165, 1.54) is 20.0 Å². The van der Waals surface area contributed by atoms with Crippen LogP contribution in [0.1, 0.15) is 40.0 Å². The van der Waals surface area contributed by atoms with Gasteiger partial charge < -0.3 is 10.1 Å². The predicted octanol–water partition coefficient (Wildman–Crippen LogP) is 1.40. The maximum absolute atomic E-state index is 11.7. The first-order chi connectivity index (χ1) is 8.13. The van der Waals surface area contributed by atoms with Crippen LogP contribution in [0.15, 0.2) is 0 Å². The smallest absolute Gasteiger partial charge is 0.324 e. The van der Waals surface area contributed by atoms with E-state index >= 15 is 0 Å². The molecule has 1 saturated heterocycles. The Labute approximate surface area is 105 Å². The maximum Gasteiger partial charge on any atom is 0.324 e. The van der Waals surface area contributed by atoms with Crippen LogP contribution in [0.25, 0.3) is 0 Å². The van der Waals surface area contributed by atoms with Gasteiger partial charge in [-0.25, -0.2) is 0 Å². The Hall–Kier alpha value is -0.610. The fourth-order valence-corrected chi connectivity index (χ4v) is 2.71. The van der Waals surface area contributed by atoms with Gasteiger partial charge in [-0.15, -0.1) is 0 Å². The summed E-state index contributed by atoms with van der Waals surface area (Å²) in [7, 11) is 1.46. The molecule has 1 N–H and O–H groups in total. The third-order valence-electron chi connectivity index (χ3n) is 3.75. The molecule has 1 fully saturated rings. The molecule has 3 atom stereocenters. The predicted molar refractivity (Wildman–Crippen MR) is 69.0 cm³/mol. The molecular formula is C13H26N2O2. The number of hydrogen-bond donors (Lipinski definition) is 1. The first-order valence-electron chi connectivity index (χ1n) is 6.70. The lowest BCUT2D eigenvalue weighted by molar-refractivity contribution is -0.143. The number of likely N-dealkylation sites (N-methyl/N-ethyl adjacent to an activating group) is 1. The van der Waals surface area contributed by atoms with Gasteiger partial charge in [0.25, 0.3) is 0 Å². The van der Waals surface area contributed by atoms with Crippen LogP contribution in [-0.2, 0) is 9.53 Å². The lowest BCUT2D eigenvalue weighted by Gasteiger charge is -2.30. The molecule has 0 aromatic heterocycles. The zero-order valence-corrected chi connectivity index (χ0v) is 11.5. The molecule has 0 saturated carbocycles. The average Bonchev–Trinajstić information content (AvgIpc) is 2.69. The Kier molecular flexibility index (Phi) is 5.92. The van der Waals surface area contributed by atoms with Crippen molar-refractivity contribution in [2.75, 3.05) is 20.2 Å². The fraction of sp³-hybridized carbons (Fsp3) is 0.923. The number of ether oxygens (including phenoxy) is 1. The molecule has 4 heteroatoms. The molecule has 3 unspecified atom stereocenters. The standard InChI is InChI=1S/C13H26N2O2/c1-5-11-8-7-10(3)15(11)9-12(14-6-2)13(16)17-4/h10-12,14H,5-9H2,1-4H3. The molecule has 0 amide bonds. The van der Waals surface area contributed by atoms with E-state index in [-0.39, 0.29) is 12.0 Å². The van der Waals surface area contributed by atoms with Crippen molar-refractivity contribution in [1.29, 1.82) is 0 Å². The number of carbonyl (C=O) groups excluding carboxylic acids is 1. The van der Waals surface area contributed by atoms with Gasteiger partial charge in [-0.3, -0.25) is 9.69 Å². The van der Waals surface area contributed by atoms with Crippen molar-refractivity contribution in [2.45, 2.75) is 58.2 Å². The van der Waals surface area contributed by atoms with E-state index in [9.17, 15) is 4.79 Å². The van der Waals surface area contributed by atoms with Gasteiger partial charge in [0.2, 0.25) is 0 Å².